The standard InChI is InChI=1S/C25H48N4O/c1-3-5-6-7-8-9-10-11-12-13-14-15-16-17-18-19-20-27-23-22-24(30-21-4-2)29-25(26)28-23/h22H,3-21H2,1-2H3,(H3,26,27,28,29). The van der Waals surface area contributed by atoms with Crippen LogP contribution in [0.5, 0.6) is 5.88 Å². The maximum atomic E-state index is 5.75. The van der Waals surface area contributed by atoms with Crippen LogP contribution < -0.4 is 15.8 Å². The number of hydrogen-bond donors (Lipinski definition) is 2. The quantitative estimate of drug-likeness (QED) is 0.201. The van der Waals surface area contributed by atoms with Gasteiger partial charge in [0.05, 0.1) is 6.61 Å². The highest BCUT2D eigenvalue weighted by atomic mass is 16.5. The number of nitrogens with one attached hydrogen (secondary N) is 1. The molecule has 5 nitrogen and oxygen atoms in total. The Morgan fingerprint density at radius 2 is 1.20 bits per heavy atom. The van der Waals surface area contributed by atoms with Gasteiger partial charge in [0.25, 0.3) is 0 Å². The van der Waals surface area contributed by atoms with E-state index in [2.05, 4.69) is 29.1 Å². The highest BCUT2D eigenvalue weighted by Gasteiger charge is 2.03. The Labute approximate surface area is 186 Å². The molecule has 0 aliphatic rings. The Morgan fingerprint density at radius 3 is 1.70 bits per heavy atom. The summed E-state index contributed by atoms with van der Waals surface area (Å²) in [7, 11) is 0. The second-order valence-corrected chi connectivity index (χ2v) is 8.53. The Kier molecular flexibility index (Phi) is 17.2. The fraction of sp³-hybridized carbons (Fsp3) is 0.840. The Hall–Kier alpha value is -1.52. The van der Waals surface area contributed by atoms with Gasteiger partial charge in [0.2, 0.25) is 11.8 Å². The smallest absolute Gasteiger partial charge is 0.225 e. The number of nitrogens with two attached hydrogens (primary N) is 1. The molecule has 1 rings (SSSR count). The highest BCUT2D eigenvalue weighted by molar-refractivity contribution is 5.42. The molecule has 0 amide bonds. The average Bonchev–Trinajstić information content (AvgIpc) is 2.74. The lowest BCUT2D eigenvalue weighted by molar-refractivity contribution is 0.305. The van der Waals surface area contributed by atoms with Gasteiger partial charge in [-0.1, -0.05) is 110 Å². The number of anilines is 2. The molecule has 0 bridgehead atoms. The van der Waals surface area contributed by atoms with Crippen molar-refractivity contribution in [3.05, 3.63) is 6.07 Å². The third-order valence-electron chi connectivity index (χ3n) is 5.51. The van der Waals surface area contributed by atoms with Crippen LogP contribution in [0, 0.1) is 0 Å². The minimum atomic E-state index is 0.262. The van der Waals surface area contributed by atoms with Gasteiger partial charge >= 0.3 is 0 Å². The number of rotatable bonds is 21. The first-order valence-corrected chi connectivity index (χ1v) is 12.8. The molecule has 0 aliphatic carbocycles. The molecule has 0 aliphatic heterocycles. The zero-order valence-electron chi connectivity index (χ0n) is 19.9. The molecule has 3 N–H and O–H groups in total. The van der Waals surface area contributed by atoms with Crippen LogP contribution in [0.2, 0.25) is 0 Å². The van der Waals surface area contributed by atoms with E-state index in [0.717, 1.165) is 25.2 Å². The van der Waals surface area contributed by atoms with Gasteiger partial charge in [-0.05, 0) is 12.8 Å². The summed E-state index contributed by atoms with van der Waals surface area (Å²) in [5.74, 6) is 1.58. The number of ether oxygens (including phenoxy) is 1. The zero-order valence-corrected chi connectivity index (χ0v) is 19.9. The fourth-order valence-electron chi connectivity index (χ4n) is 3.70. The van der Waals surface area contributed by atoms with Crippen LogP contribution in [-0.4, -0.2) is 23.1 Å². The van der Waals surface area contributed by atoms with Gasteiger partial charge in [0, 0.05) is 12.6 Å². The minimum absolute atomic E-state index is 0.262. The van der Waals surface area contributed by atoms with Crippen molar-refractivity contribution >= 4 is 11.8 Å². The normalized spacial score (nSPS) is 11.0. The van der Waals surface area contributed by atoms with E-state index in [-0.39, 0.29) is 5.95 Å². The van der Waals surface area contributed by atoms with Crippen molar-refractivity contribution in [1.82, 2.24) is 9.97 Å². The van der Waals surface area contributed by atoms with Crippen LogP contribution in [0.15, 0.2) is 6.07 Å². The van der Waals surface area contributed by atoms with E-state index in [9.17, 15) is 0 Å². The summed E-state index contributed by atoms with van der Waals surface area (Å²) >= 11 is 0. The van der Waals surface area contributed by atoms with E-state index < -0.39 is 0 Å². The minimum Gasteiger partial charge on any atom is -0.477 e. The predicted octanol–water partition coefficient (Wildman–Crippen LogP) is 7.52. The third-order valence-corrected chi connectivity index (χ3v) is 5.51. The number of aromatic nitrogens is 2. The number of unbranched alkanes of at least 4 members (excludes halogenated alkanes) is 15. The summed E-state index contributed by atoms with van der Waals surface area (Å²) in [6, 6.07) is 1.83. The number of nitrogen functional groups attached to an aromatic ring is 1. The highest BCUT2D eigenvalue weighted by Crippen LogP contribution is 2.16. The maximum absolute atomic E-state index is 5.75. The maximum Gasteiger partial charge on any atom is 0.225 e. The molecule has 0 unspecified atom stereocenters. The summed E-state index contributed by atoms with van der Waals surface area (Å²) in [6.45, 7) is 5.92. The van der Waals surface area contributed by atoms with Crippen molar-refractivity contribution in [3.63, 3.8) is 0 Å². The molecule has 0 spiro atoms. The van der Waals surface area contributed by atoms with Gasteiger partial charge in [-0.3, -0.25) is 0 Å². The molecule has 0 aromatic carbocycles. The summed E-state index contributed by atoms with van der Waals surface area (Å²) in [5, 5.41) is 3.34. The van der Waals surface area contributed by atoms with Crippen LogP contribution in [0.1, 0.15) is 123 Å². The van der Waals surface area contributed by atoms with Crippen LogP contribution >= 0.6 is 0 Å². The lowest BCUT2D eigenvalue weighted by Gasteiger charge is -2.09. The molecule has 5 heteroatoms. The molecule has 0 saturated carbocycles. The first-order valence-electron chi connectivity index (χ1n) is 12.8. The summed E-state index contributed by atoms with van der Waals surface area (Å²) in [6.07, 6.45) is 23.2. The molecule has 174 valence electrons. The first-order chi connectivity index (χ1) is 14.8. The van der Waals surface area contributed by atoms with Gasteiger partial charge in [-0.25, -0.2) is 0 Å². The molecule has 0 saturated heterocycles. The average molecular weight is 421 g/mol. The van der Waals surface area contributed by atoms with Crippen molar-refractivity contribution in [2.45, 2.75) is 123 Å². The van der Waals surface area contributed by atoms with E-state index in [1.165, 1.54) is 96.3 Å². The van der Waals surface area contributed by atoms with E-state index in [1.807, 2.05) is 6.07 Å². The molecule has 0 radical (unpaired) electrons. The van der Waals surface area contributed by atoms with Crippen LogP contribution in [0.4, 0.5) is 11.8 Å². The van der Waals surface area contributed by atoms with Crippen LogP contribution in [0.25, 0.3) is 0 Å². The lowest BCUT2D eigenvalue weighted by Crippen LogP contribution is -2.07. The molecular formula is C25H48N4O. The molecule has 0 fully saturated rings. The zero-order chi connectivity index (χ0) is 21.7. The van der Waals surface area contributed by atoms with Gasteiger partial charge in [0.15, 0.2) is 0 Å². The predicted molar refractivity (Wildman–Crippen MR) is 130 cm³/mol. The SMILES string of the molecule is CCCCCCCCCCCCCCCCCCNc1cc(OCCC)nc(N)n1. The molecule has 1 aromatic heterocycles. The van der Waals surface area contributed by atoms with Gasteiger partial charge < -0.3 is 15.8 Å². The fourth-order valence-corrected chi connectivity index (χ4v) is 3.70. The van der Waals surface area contributed by atoms with Gasteiger partial charge in [-0.15, -0.1) is 0 Å². The van der Waals surface area contributed by atoms with Crippen molar-refractivity contribution in [2.75, 3.05) is 24.2 Å². The first kappa shape index (κ1) is 26.5. The second-order valence-electron chi connectivity index (χ2n) is 8.53. The number of nitrogens with zero attached hydrogens (tertiary/aromatic N) is 2. The van der Waals surface area contributed by atoms with E-state index in [4.69, 9.17) is 10.5 Å². The summed E-state index contributed by atoms with van der Waals surface area (Å²) in [4.78, 5) is 8.33. The Morgan fingerprint density at radius 1 is 0.700 bits per heavy atom. The van der Waals surface area contributed by atoms with E-state index in [1.54, 1.807) is 0 Å². The molecule has 1 heterocycles. The molecule has 30 heavy (non-hydrogen) atoms. The van der Waals surface area contributed by atoms with Crippen molar-refractivity contribution in [2.24, 2.45) is 0 Å². The third kappa shape index (κ3) is 15.3. The largest absolute Gasteiger partial charge is 0.477 e. The van der Waals surface area contributed by atoms with Crippen molar-refractivity contribution < 1.29 is 4.74 Å². The summed E-state index contributed by atoms with van der Waals surface area (Å²) in [5.41, 5.74) is 5.75. The number of hydrogen-bond acceptors (Lipinski definition) is 5. The molecule has 0 atom stereocenters. The Bertz CT molecular complexity index is 510. The Balaban J connectivity index is 1.87. The molecular weight excluding hydrogens is 372 g/mol. The van der Waals surface area contributed by atoms with Gasteiger partial charge in [0.1, 0.15) is 5.82 Å². The monoisotopic (exact) mass is 420 g/mol. The lowest BCUT2D eigenvalue weighted by atomic mass is 10.0. The van der Waals surface area contributed by atoms with Crippen molar-refractivity contribution in [1.29, 1.82) is 0 Å². The van der Waals surface area contributed by atoms with Crippen molar-refractivity contribution in [3.8, 4) is 5.88 Å². The summed E-state index contributed by atoms with van der Waals surface area (Å²) < 4.78 is 5.54. The van der Waals surface area contributed by atoms with Gasteiger partial charge in [-0.2, -0.15) is 9.97 Å². The van der Waals surface area contributed by atoms with Crippen LogP contribution in [0.3, 0.4) is 0 Å². The van der Waals surface area contributed by atoms with E-state index in [0.29, 0.717) is 12.5 Å². The molecule has 1 aromatic rings. The van der Waals surface area contributed by atoms with Crippen LogP contribution in [-0.2, 0) is 0 Å². The van der Waals surface area contributed by atoms with E-state index >= 15 is 0 Å². The second kappa shape index (κ2) is 19.4. The topological polar surface area (TPSA) is 73.1 Å².